The molecule has 1 saturated carbocycles. The molecule has 1 aliphatic carbocycles. The zero-order chi connectivity index (χ0) is 13.3. The summed E-state index contributed by atoms with van der Waals surface area (Å²) in [4.78, 5) is 36.2. The summed E-state index contributed by atoms with van der Waals surface area (Å²) in [5.74, 6) is 0.373. The van der Waals surface area contributed by atoms with Crippen molar-refractivity contribution in [3.05, 3.63) is 0 Å². The molecular formula is C13H18INO3. The molecule has 1 saturated heterocycles. The monoisotopic (exact) mass is 363 g/mol. The molecule has 0 bridgehead atoms. The second-order valence-electron chi connectivity index (χ2n) is 5.47. The van der Waals surface area contributed by atoms with Gasteiger partial charge in [-0.2, -0.15) is 0 Å². The molecule has 0 aromatic heterocycles. The summed E-state index contributed by atoms with van der Waals surface area (Å²) >= 11 is 1.87. The average Bonchev–Trinajstić information content (AvgIpc) is 2.57. The molecule has 0 radical (unpaired) electrons. The lowest BCUT2D eigenvalue weighted by Gasteiger charge is -2.29. The first kappa shape index (κ1) is 14.0. The number of carbonyl (C=O) groups excluding carboxylic acids is 3. The molecule has 4 nitrogen and oxygen atoms in total. The highest BCUT2D eigenvalue weighted by Crippen LogP contribution is 2.32. The Bertz CT molecular complexity index is 374. The van der Waals surface area contributed by atoms with E-state index in [1.54, 1.807) is 0 Å². The van der Waals surface area contributed by atoms with Crippen LogP contribution in [0.25, 0.3) is 0 Å². The first-order chi connectivity index (χ1) is 8.49. The summed E-state index contributed by atoms with van der Waals surface area (Å²) in [7, 11) is 0. The Morgan fingerprint density at radius 2 is 1.89 bits per heavy atom. The average molecular weight is 363 g/mol. The van der Waals surface area contributed by atoms with Crippen molar-refractivity contribution in [3.8, 4) is 0 Å². The lowest BCUT2D eigenvalue weighted by molar-refractivity contribution is -0.140. The summed E-state index contributed by atoms with van der Waals surface area (Å²) in [6, 6.07) is 0. The van der Waals surface area contributed by atoms with Crippen LogP contribution in [0.15, 0.2) is 0 Å². The second-order valence-corrected chi connectivity index (χ2v) is 6.53. The standard InChI is InChI=1S/C13H18INO3/c1-8-6-11(16)15(13(8)18)7-9-2-4-10(5-3-9)12(14)17/h8-10H,2-7H2,1H3/t8-,9?,10?/m0/s1. The van der Waals surface area contributed by atoms with Gasteiger partial charge in [-0.3, -0.25) is 19.3 Å². The van der Waals surface area contributed by atoms with Gasteiger partial charge in [0.25, 0.3) is 0 Å². The van der Waals surface area contributed by atoms with E-state index in [9.17, 15) is 14.4 Å². The van der Waals surface area contributed by atoms with Gasteiger partial charge in [0, 0.05) is 24.8 Å². The SMILES string of the molecule is C[C@H]1CC(=O)N(CC2CCC(C(=O)I)CC2)C1=O. The van der Waals surface area contributed by atoms with Gasteiger partial charge in [0.15, 0.2) is 3.79 Å². The lowest BCUT2D eigenvalue weighted by atomic mass is 9.82. The van der Waals surface area contributed by atoms with Crippen molar-refractivity contribution in [1.29, 1.82) is 0 Å². The van der Waals surface area contributed by atoms with Gasteiger partial charge in [0.2, 0.25) is 11.8 Å². The predicted molar refractivity (Wildman–Crippen MR) is 75.0 cm³/mol. The van der Waals surface area contributed by atoms with Crippen LogP contribution in [0, 0.1) is 17.8 Å². The number of hydrogen-bond acceptors (Lipinski definition) is 3. The maximum Gasteiger partial charge on any atom is 0.232 e. The van der Waals surface area contributed by atoms with Crippen molar-refractivity contribution >= 4 is 38.2 Å². The minimum absolute atomic E-state index is 0.0212. The highest BCUT2D eigenvalue weighted by atomic mass is 127. The Hall–Kier alpha value is -0.460. The van der Waals surface area contributed by atoms with E-state index in [-0.39, 0.29) is 27.4 Å². The number of hydrogen-bond donors (Lipinski definition) is 0. The molecule has 1 aliphatic heterocycles. The zero-order valence-electron chi connectivity index (χ0n) is 10.5. The molecule has 2 amide bonds. The van der Waals surface area contributed by atoms with Crippen LogP contribution in [0.2, 0.25) is 0 Å². The smallest absolute Gasteiger partial charge is 0.232 e. The van der Waals surface area contributed by atoms with Gasteiger partial charge in [-0.25, -0.2) is 0 Å². The van der Waals surface area contributed by atoms with Gasteiger partial charge in [0.1, 0.15) is 0 Å². The number of amides is 2. The van der Waals surface area contributed by atoms with Gasteiger partial charge < -0.3 is 0 Å². The zero-order valence-corrected chi connectivity index (χ0v) is 12.7. The number of imide groups is 1. The highest BCUT2D eigenvalue weighted by molar-refractivity contribution is 14.1. The Kier molecular flexibility index (Phi) is 4.40. The van der Waals surface area contributed by atoms with E-state index < -0.39 is 0 Å². The summed E-state index contributed by atoms with van der Waals surface area (Å²) < 4.78 is 0.244. The molecule has 0 spiro atoms. The molecule has 2 rings (SSSR count). The van der Waals surface area contributed by atoms with Crippen LogP contribution >= 0.6 is 22.6 Å². The van der Waals surface area contributed by atoms with E-state index in [4.69, 9.17) is 0 Å². The molecule has 100 valence electrons. The molecule has 1 heterocycles. The fourth-order valence-electron chi connectivity index (χ4n) is 2.87. The third-order valence-corrected chi connectivity index (χ3v) is 4.96. The molecule has 1 atom stereocenters. The van der Waals surface area contributed by atoms with Gasteiger partial charge >= 0.3 is 0 Å². The number of carbonyl (C=O) groups is 3. The van der Waals surface area contributed by atoms with Gasteiger partial charge in [-0.15, -0.1) is 0 Å². The highest BCUT2D eigenvalue weighted by Gasteiger charge is 2.37. The van der Waals surface area contributed by atoms with Crippen molar-refractivity contribution in [2.24, 2.45) is 17.8 Å². The van der Waals surface area contributed by atoms with Gasteiger partial charge in [0.05, 0.1) is 0 Å². The largest absolute Gasteiger partial charge is 0.287 e. The molecule has 0 unspecified atom stereocenters. The molecule has 2 fully saturated rings. The van der Waals surface area contributed by atoms with E-state index in [0.29, 0.717) is 18.9 Å². The minimum Gasteiger partial charge on any atom is -0.287 e. The molecule has 0 aromatic carbocycles. The molecular weight excluding hydrogens is 345 g/mol. The molecule has 5 heteroatoms. The van der Waals surface area contributed by atoms with Crippen LogP contribution in [0.5, 0.6) is 0 Å². The van der Waals surface area contributed by atoms with Crippen LogP contribution in [0.4, 0.5) is 0 Å². The lowest BCUT2D eigenvalue weighted by Crippen LogP contribution is -2.36. The van der Waals surface area contributed by atoms with Crippen LogP contribution in [-0.2, 0) is 14.4 Å². The summed E-state index contributed by atoms with van der Waals surface area (Å²) in [5, 5.41) is 0. The van der Waals surface area contributed by atoms with E-state index in [1.807, 2.05) is 29.5 Å². The summed E-state index contributed by atoms with van der Waals surface area (Å²) in [6.45, 7) is 2.37. The van der Waals surface area contributed by atoms with Crippen molar-refractivity contribution in [1.82, 2.24) is 4.90 Å². The van der Waals surface area contributed by atoms with Crippen molar-refractivity contribution < 1.29 is 14.4 Å². The van der Waals surface area contributed by atoms with E-state index in [1.165, 1.54) is 4.90 Å². The normalized spacial score (nSPS) is 33.0. The fourth-order valence-corrected chi connectivity index (χ4v) is 3.49. The number of rotatable bonds is 3. The molecule has 0 aromatic rings. The fraction of sp³-hybridized carbons (Fsp3) is 0.769. The summed E-state index contributed by atoms with van der Waals surface area (Å²) in [5.41, 5.74) is 0. The molecule has 18 heavy (non-hydrogen) atoms. The second kappa shape index (κ2) is 5.67. The third-order valence-electron chi connectivity index (χ3n) is 4.08. The Balaban J connectivity index is 1.87. The van der Waals surface area contributed by atoms with Gasteiger partial charge in [-0.05, 0) is 54.2 Å². The Morgan fingerprint density at radius 1 is 1.28 bits per heavy atom. The van der Waals surface area contributed by atoms with Crippen LogP contribution in [0.1, 0.15) is 39.0 Å². The number of halogens is 1. The Morgan fingerprint density at radius 3 is 2.33 bits per heavy atom. The number of nitrogens with zero attached hydrogens (tertiary/aromatic N) is 1. The predicted octanol–water partition coefficient (Wildman–Crippen LogP) is 2.15. The first-order valence-corrected chi connectivity index (χ1v) is 7.60. The quantitative estimate of drug-likeness (QED) is 0.439. The van der Waals surface area contributed by atoms with Crippen LogP contribution in [-0.4, -0.2) is 27.0 Å². The number of likely N-dealkylation sites (tertiary alicyclic amines) is 1. The van der Waals surface area contributed by atoms with E-state index in [0.717, 1.165) is 25.7 Å². The van der Waals surface area contributed by atoms with E-state index in [2.05, 4.69) is 0 Å². The topological polar surface area (TPSA) is 54.5 Å². The maximum absolute atomic E-state index is 11.8. The van der Waals surface area contributed by atoms with Crippen LogP contribution in [0.3, 0.4) is 0 Å². The third kappa shape index (κ3) is 2.92. The van der Waals surface area contributed by atoms with Gasteiger partial charge in [-0.1, -0.05) is 6.92 Å². The van der Waals surface area contributed by atoms with Crippen molar-refractivity contribution in [2.45, 2.75) is 39.0 Å². The van der Waals surface area contributed by atoms with Crippen LogP contribution < -0.4 is 0 Å². The van der Waals surface area contributed by atoms with Crippen molar-refractivity contribution in [2.75, 3.05) is 6.54 Å². The minimum atomic E-state index is -0.148. The van der Waals surface area contributed by atoms with Crippen molar-refractivity contribution in [3.63, 3.8) is 0 Å². The molecule has 0 N–H and O–H groups in total. The van der Waals surface area contributed by atoms with E-state index >= 15 is 0 Å². The summed E-state index contributed by atoms with van der Waals surface area (Å²) in [6.07, 6.45) is 4.06. The molecule has 2 aliphatic rings. The Labute approximate surface area is 121 Å². The first-order valence-electron chi connectivity index (χ1n) is 6.52. The maximum atomic E-state index is 11.8.